The molecule has 1 aliphatic rings. The number of rotatable bonds is 5. The fourth-order valence-corrected chi connectivity index (χ4v) is 4.91. The molecule has 29 heavy (non-hydrogen) atoms. The standard InChI is InChI=1S/C21H22Cl2N2O3S/c1-13-9-18(14(2)29-13)19(26)3-4-20(27)24-5-7-25(8-6-24)21(28)15-10-16(22)12-17(23)11-15/h9-12H,3-8H2,1-2H3. The number of hydrogen-bond acceptors (Lipinski definition) is 4. The van der Waals surface area contributed by atoms with Crippen molar-refractivity contribution in [2.24, 2.45) is 0 Å². The molecule has 8 heteroatoms. The largest absolute Gasteiger partial charge is 0.339 e. The first-order valence-electron chi connectivity index (χ1n) is 9.38. The summed E-state index contributed by atoms with van der Waals surface area (Å²) in [6, 6.07) is 6.65. The molecule has 0 aliphatic carbocycles. The van der Waals surface area contributed by atoms with Gasteiger partial charge in [-0.3, -0.25) is 14.4 Å². The predicted molar refractivity (Wildman–Crippen MR) is 116 cm³/mol. The van der Waals surface area contributed by atoms with Crippen LogP contribution in [-0.2, 0) is 4.79 Å². The number of benzene rings is 1. The predicted octanol–water partition coefficient (Wildman–Crippen LogP) is 4.62. The fraction of sp³-hybridized carbons (Fsp3) is 0.381. The van der Waals surface area contributed by atoms with Crippen LogP contribution in [0.1, 0.15) is 43.3 Å². The summed E-state index contributed by atoms with van der Waals surface area (Å²) >= 11 is 13.5. The van der Waals surface area contributed by atoms with Crippen molar-refractivity contribution in [1.29, 1.82) is 0 Å². The maximum atomic E-state index is 12.6. The second-order valence-electron chi connectivity index (χ2n) is 7.08. The first-order chi connectivity index (χ1) is 13.7. The monoisotopic (exact) mass is 452 g/mol. The van der Waals surface area contributed by atoms with Crippen molar-refractivity contribution in [3.8, 4) is 0 Å². The minimum Gasteiger partial charge on any atom is -0.339 e. The number of aryl methyl sites for hydroxylation is 2. The van der Waals surface area contributed by atoms with E-state index in [2.05, 4.69) is 0 Å². The third kappa shape index (κ3) is 5.38. The summed E-state index contributed by atoms with van der Waals surface area (Å²) in [4.78, 5) is 43.0. The van der Waals surface area contributed by atoms with Crippen molar-refractivity contribution in [1.82, 2.24) is 9.80 Å². The lowest BCUT2D eigenvalue weighted by molar-refractivity contribution is -0.132. The lowest BCUT2D eigenvalue weighted by Crippen LogP contribution is -2.50. The lowest BCUT2D eigenvalue weighted by atomic mass is 10.1. The van der Waals surface area contributed by atoms with Crippen LogP contribution in [-0.4, -0.2) is 53.6 Å². The van der Waals surface area contributed by atoms with Gasteiger partial charge in [0.25, 0.3) is 5.91 Å². The van der Waals surface area contributed by atoms with Crippen LogP contribution in [0.4, 0.5) is 0 Å². The van der Waals surface area contributed by atoms with Crippen LogP contribution in [0.15, 0.2) is 24.3 Å². The van der Waals surface area contributed by atoms with Crippen LogP contribution in [0, 0.1) is 13.8 Å². The Morgan fingerprint density at radius 2 is 1.48 bits per heavy atom. The van der Waals surface area contributed by atoms with E-state index in [1.165, 1.54) is 0 Å². The lowest BCUT2D eigenvalue weighted by Gasteiger charge is -2.35. The molecule has 2 heterocycles. The van der Waals surface area contributed by atoms with Crippen LogP contribution in [0.25, 0.3) is 0 Å². The number of hydrogen-bond donors (Lipinski definition) is 0. The Morgan fingerprint density at radius 3 is 2.03 bits per heavy atom. The topological polar surface area (TPSA) is 57.7 Å². The van der Waals surface area contributed by atoms with Crippen LogP contribution < -0.4 is 0 Å². The zero-order valence-electron chi connectivity index (χ0n) is 16.3. The summed E-state index contributed by atoms with van der Waals surface area (Å²) in [5.41, 5.74) is 1.16. The zero-order chi connectivity index (χ0) is 21.1. The molecule has 0 N–H and O–H groups in total. The highest BCUT2D eigenvalue weighted by Crippen LogP contribution is 2.23. The molecule has 154 valence electrons. The third-order valence-electron chi connectivity index (χ3n) is 4.94. The van der Waals surface area contributed by atoms with Gasteiger partial charge < -0.3 is 9.80 Å². The van der Waals surface area contributed by atoms with Crippen molar-refractivity contribution in [2.45, 2.75) is 26.7 Å². The molecule has 5 nitrogen and oxygen atoms in total. The van der Waals surface area contributed by atoms with Gasteiger partial charge in [-0.05, 0) is 38.1 Å². The molecule has 1 fully saturated rings. The normalized spacial score (nSPS) is 14.2. The Labute approximate surface area is 184 Å². The number of nitrogens with zero attached hydrogens (tertiary/aromatic N) is 2. The summed E-state index contributed by atoms with van der Waals surface area (Å²) < 4.78 is 0. The Hall–Kier alpha value is -1.89. The van der Waals surface area contributed by atoms with E-state index in [1.54, 1.807) is 39.3 Å². The average Bonchev–Trinajstić information content (AvgIpc) is 3.02. The highest BCUT2D eigenvalue weighted by Gasteiger charge is 2.25. The Balaban J connectivity index is 1.51. The Morgan fingerprint density at radius 1 is 0.897 bits per heavy atom. The molecule has 1 aromatic carbocycles. The van der Waals surface area contributed by atoms with E-state index in [1.807, 2.05) is 19.9 Å². The Kier molecular flexibility index (Phi) is 6.98. The van der Waals surface area contributed by atoms with Crippen molar-refractivity contribution in [3.05, 3.63) is 55.2 Å². The van der Waals surface area contributed by atoms with E-state index < -0.39 is 0 Å². The van der Waals surface area contributed by atoms with Crippen LogP contribution >= 0.6 is 34.5 Å². The molecule has 3 rings (SSSR count). The summed E-state index contributed by atoms with van der Waals surface area (Å²) in [5, 5.41) is 0.825. The van der Waals surface area contributed by atoms with Gasteiger partial charge in [0.1, 0.15) is 0 Å². The maximum absolute atomic E-state index is 12.6. The smallest absolute Gasteiger partial charge is 0.254 e. The van der Waals surface area contributed by atoms with E-state index >= 15 is 0 Å². The molecular weight excluding hydrogens is 431 g/mol. The van der Waals surface area contributed by atoms with Crippen molar-refractivity contribution < 1.29 is 14.4 Å². The number of amides is 2. The summed E-state index contributed by atoms with van der Waals surface area (Å²) in [7, 11) is 0. The molecular formula is C21H22Cl2N2O3S. The highest BCUT2D eigenvalue weighted by molar-refractivity contribution is 7.12. The molecule has 0 bridgehead atoms. The minimum atomic E-state index is -0.153. The molecule has 2 amide bonds. The van der Waals surface area contributed by atoms with Gasteiger partial charge in [-0.25, -0.2) is 0 Å². The number of piperazine rings is 1. The molecule has 1 aromatic heterocycles. The molecule has 1 saturated heterocycles. The van der Waals surface area contributed by atoms with Crippen molar-refractivity contribution in [2.75, 3.05) is 26.2 Å². The van der Waals surface area contributed by atoms with Crippen LogP contribution in [0.5, 0.6) is 0 Å². The molecule has 2 aromatic rings. The van der Waals surface area contributed by atoms with E-state index in [-0.39, 0.29) is 30.4 Å². The quantitative estimate of drug-likeness (QED) is 0.621. The molecule has 0 saturated carbocycles. The summed E-state index contributed by atoms with van der Waals surface area (Å²) in [5.74, 6) is -0.201. The van der Waals surface area contributed by atoms with Gasteiger partial charge in [-0.2, -0.15) is 0 Å². The summed E-state index contributed by atoms with van der Waals surface area (Å²) in [6.07, 6.45) is 0.390. The van der Waals surface area contributed by atoms with Gasteiger partial charge in [0, 0.05) is 69.9 Å². The molecule has 0 atom stereocenters. The van der Waals surface area contributed by atoms with E-state index in [4.69, 9.17) is 23.2 Å². The first kappa shape index (κ1) is 21.8. The summed E-state index contributed by atoms with van der Waals surface area (Å²) in [6.45, 7) is 5.66. The van der Waals surface area contributed by atoms with Gasteiger partial charge in [-0.1, -0.05) is 23.2 Å². The average molecular weight is 453 g/mol. The van der Waals surface area contributed by atoms with Crippen LogP contribution in [0.2, 0.25) is 10.0 Å². The second kappa shape index (κ2) is 9.28. The van der Waals surface area contributed by atoms with Crippen molar-refractivity contribution >= 4 is 52.1 Å². The van der Waals surface area contributed by atoms with Gasteiger partial charge in [0.05, 0.1) is 0 Å². The number of carbonyl (C=O) groups excluding carboxylic acids is 3. The van der Waals surface area contributed by atoms with E-state index in [0.717, 1.165) is 15.3 Å². The van der Waals surface area contributed by atoms with Crippen LogP contribution in [0.3, 0.4) is 0 Å². The minimum absolute atomic E-state index is 0.00634. The number of ketones is 1. The van der Waals surface area contributed by atoms with Crippen molar-refractivity contribution in [3.63, 3.8) is 0 Å². The molecule has 0 unspecified atom stereocenters. The van der Waals surface area contributed by atoms with E-state index in [0.29, 0.717) is 41.8 Å². The second-order valence-corrected chi connectivity index (χ2v) is 9.41. The highest BCUT2D eigenvalue weighted by atomic mass is 35.5. The fourth-order valence-electron chi connectivity index (χ4n) is 3.44. The van der Waals surface area contributed by atoms with Gasteiger partial charge >= 0.3 is 0 Å². The maximum Gasteiger partial charge on any atom is 0.254 e. The van der Waals surface area contributed by atoms with Gasteiger partial charge in [0.2, 0.25) is 5.91 Å². The molecule has 0 spiro atoms. The Bertz CT molecular complexity index is 929. The first-order valence-corrected chi connectivity index (χ1v) is 10.9. The van der Waals surface area contributed by atoms with Gasteiger partial charge in [0.15, 0.2) is 5.78 Å². The zero-order valence-corrected chi connectivity index (χ0v) is 18.7. The number of halogens is 2. The molecule has 1 aliphatic heterocycles. The number of Topliss-reactive ketones (excluding diaryl/α,β-unsaturated/α-hetero) is 1. The number of carbonyl (C=O) groups is 3. The number of thiophene rings is 1. The van der Waals surface area contributed by atoms with Gasteiger partial charge in [-0.15, -0.1) is 11.3 Å². The SMILES string of the molecule is Cc1cc(C(=O)CCC(=O)N2CCN(C(=O)c3cc(Cl)cc(Cl)c3)CC2)c(C)s1. The molecule has 0 radical (unpaired) electrons. The van der Waals surface area contributed by atoms with E-state index in [9.17, 15) is 14.4 Å². The third-order valence-corrected chi connectivity index (χ3v) is 6.34.